The van der Waals surface area contributed by atoms with E-state index in [0.29, 0.717) is 20.4 Å². The van der Waals surface area contributed by atoms with E-state index in [0.717, 1.165) is 16.1 Å². The number of aromatic nitrogens is 1. The molecule has 0 bridgehead atoms. The Bertz CT molecular complexity index is 954. The predicted molar refractivity (Wildman–Crippen MR) is 99.8 cm³/mol. The molecule has 1 amide bonds. The Labute approximate surface area is 153 Å². The Morgan fingerprint density at radius 3 is 2.12 bits per heavy atom. The fraction of sp³-hybridized carbons (Fsp3) is 0.111. The zero-order valence-corrected chi connectivity index (χ0v) is 15.4. The van der Waals surface area contributed by atoms with Crippen LogP contribution in [0.4, 0.5) is 0 Å². The number of hydrogen-bond donors (Lipinski definition) is 0. The lowest BCUT2D eigenvalue weighted by molar-refractivity contribution is 0.0998. The summed E-state index contributed by atoms with van der Waals surface area (Å²) >= 11 is 13.3. The van der Waals surface area contributed by atoms with Crippen LogP contribution in [0, 0.1) is 6.92 Å². The third-order valence-corrected chi connectivity index (χ3v) is 5.16. The molecule has 0 aliphatic heterocycles. The lowest BCUT2D eigenvalue weighted by Gasteiger charge is -2.04. The van der Waals surface area contributed by atoms with E-state index in [1.54, 1.807) is 24.3 Å². The third kappa shape index (κ3) is 3.46. The molecule has 3 nitrogen and oxygen atoms in total. The van der Waals surface area contributed by atoms with Crippen LogP contribution in [0.5, 0.6) is 0 Å². The zero-order valence-electron chi connectivity index (χ0n) is 13.1. The summed E-state index contributed by atoms with van der Waals surface area (Å²) in [6.45, 7) is 2.01. The first-order valence-corrected chi connectivity index (χ1v) is 8.80. The molecule has 0 atom stereocenters. The number of carbonyl (C=O) groups excluding carboxylic acids is 1. The Morgan fingerprint density at radius 1 is 1.00 bits per heavy atom. The monoisotopic (exact) mass is 376 g/mol. The van der Waals surface area contributed by atoms with Crippen LogP contribution in [-0.2, 0) is 7.05 Å². The van der Waals surface area contributed by atoms with Gasteiger partial charge in [0.05, 0.1) is 5.69 Å². The van der Waals surface area contributed by atoms with E-state index in [1.807, 2.05) is 42.8 Å². The predicted octanol–water partition coefficient (Wildman–Crippen LogP) is 5.11. The van der Waals surface area contributed by atoms with Gasteiger partial charge in [-0.1, -0.05) is 35.3 Å². The van der Waals surface area contributed by atoms with Crippen molar-refractivity contribution in [1.29, 1.82) is 0 Å². The van der Waals surface area contributed by atoms with E-state index < -0.39 is 0 Å². The quantitative estimate of drug-likeness (QED) is 0.611. The highest BCUT2D eigenvalue weighted by Crippen LogP contribution is 2.25. The minimum absolute atomic E-state index is 0.286. The molecule has 2 aromatic carbocycles. The first kappa shape index (κ1) is 17.0. The van der Waals surface area contributed by atoms with Gasteiger partial charge < -0.3 is 4.57 Å². The molecule has 0 saturated heterocycles. The summed E-state index contributed by atoms with van der Waals surface area (Å²) in [5, 5.41) is 1.28. The molecule has 0 N–H and O–H groups in total. The van der Waals surface area contributed by atoms with Crippen LogP contribution in [0.15, 0.2) is 53.5 Å². The summed E-state index contributed by atoms with van der Waals surface area (Å²) in [4.78, 5) is 18.3. The molecule has 0 spiro atoms. The molecule has 0 aliphatic carbocycles. The lowest BCUT2D eigenvalue weighted by atomic mass is 10.1. The van der Waals surface area contributed by atoms with Gasteiger partial charge in [0, 0.05) is 27.5 Å². The van der Waals surface area contributed by atoms with Crippen molar-refractivity contribution in [3.8, 4) is 11.3 Å². The number of benzene rings is 2. The van der Waals surface area contributed by atoms with Crippen LogP contribution >= 0.6 is 34.5 Å². The molecule has 0 fully saturated rings. The molecular formula is C18H14Cl2N2OS. The maximum atomic E-state index is 12.3. The van der Waals surface area contributed by atoms with Gasteiger partial charge in [-0.3, -0.25) is 4.79 Å². The van der Waals surface area contributed by atoms with Gasteiger partial charge in [-0.15, -0.1) is 11.3 Å². The minimum atomic E-state index is -0.286. The molecule has 1 heterocycles. The number of amides is 1. The molecule has 1 aromatic heterocycles. The van der Waals surface area contributed by atoms with Crippen LogP contribution in [0.3, 0.4) is 0 Å². The van der Waals surface area contributed by atoms with Gasteiger partial charge in [-0.2, -0.15) is 4.99 Å². The molecule has 0 saturated carbocycles. The van der Waals surface area contributed by atoms with Crippen LogP contribution in [0.25, 0.3) is 11.3 Å². The number of carbonyl (C=O) groups is 1. The van der Waals surface area contributed by atoms with Crippen LogP contribution in [0.2, 0.25) is 10.0 Å². The number of halogens is 2. The van der Waals surface area contributed by atoms with Gasteiger partial charge in [-0.25, -0.2) is 0 Å². The van der Waals surface area contributed by atoms with Gasteiger partial charge >= 0.3 is 0 Å². The van der Waals surface area contributed by atoms with Crippen LogP contribution in [0.1, 0.15) is 15.2 Å². The van der Waals surface area contributed by atoms with E-state index in [1.165, 1.54) is 11.3 Å². The third-order valence-electron chi connectivity index (χ3n) is 3.61. The highest BCUT2D eigenvalue weighted by Gasteiger charge is 2.11. The van der Waals surface area contributed by atoms with Gasteiger partial charge in [-0.05, 0) is 48.9 Å². The first-order valence-electron chi connectivity index (χ1n) is 7.22. The summed E-state index contributed by atoms with van der Waals surface area (Å²) in [5.74, 6) is -0.286. The number of nitrogens with zero attached hydrogens (tertiary/aromatic N) is 2. The Morgan fingerprint density at radius 2 is 1.54 bits per heavy atom. The molecular weight excluding hydrogens is 363 g/mol. The lowest BCUT2D eigenvalue weighted by Crippen LogP contribution is -2.14. The molecule has 3 rings (SSSR count). The summed E-state index contributed by atoms with van der Waals surface area (Å²) in [5.41, 5.74) is 2.58. The standard InChI is InChI=1S/C18H14Cl2N2OS/c1-11-16(12-3-7-14(19)8-4-12)22(2)18(24-11)21-17(23)13-5-9-15(20)10-6-13/h3-10H,1-2H3. The van der Waals surface area contributed by atoms with E-state index in [4.69, 9.17) is 23.2 Å². The number of hydrogen-bond acceptors (Lipinski definition) is 2. The van der Waals surface area contributed by atoms with E-state index in [-0.39, 0.29) is 5.91 Å². The molecule has 0 radical (unpaired) electrons. The van der Waals surface area contributed by atoms with E-state index in [9.17, 15) is 4.79 Å². The second-order valence-corrected chi connectivity index (χ2v) is 7.33. The Hall–Kier alpha value is -1.88. The normalized spacial score (nSPS) is 11.8. The number of rotatable bonds is 2. The average Bonchev–Trinajstić information content (AvgIpc) is 2.83. The van der Waals surface area contributed by atoms with Crippen molar-refractivity contribution in [1.82, 2.24) is 4.57 Å². The second kappa shape index (κ2) is 6.93. The largest absolute Gasteiger partial charge is 0.319 e. The highest BCUT2D eigenvalue weighted by molar-refractivity contribution is 7.09. The second-order valence-electron chi connectivity index (χ2n) is 5.28. The van der Waals surface area contributed by atoms with Crippen molar-refractivity contribution >= 4 is 40.4 Å². The molecule has 0 unspecified atom stereocenters. The summed E-state index contributed by atoms with van der Waals surface area (Å²) in [6.07, 6.45) is 0. The van der Waals surface area contributed by atoms with Crippen molar-refractivity contribution in [2.75, 3.05) is 0 Å². The minimum Gasteiger partial charge on any atom is -0.319 e. The smallest absolute Gasteiger partial charge is 0.279 e. The molecule has 6 heteroatoms. The topological polar surface area (TPSA) is 34.4 Å². The van der Waals surface area contributed by atoms with E-state index >= 15 is 0 Å². The zero-order chi connectivity index (χ0) is 17.3. The Kier molecular flexibility index (Phi) is 4.90. The first-order chi connectivity index (χ1) is 11.5. The van der Waals surface area contributed by atoms with Gasteiger partial charge in [0.2, 0.25) is 0 Å². The summed E-state index contributed by atoms with van der Waals surface area (Å²) < 4.78 is 1.93. The van der Waals surface area contributed by atoms with Gasteiger partial charge in [0.15, 0.2) is 4.80 Å². The fourth-order valence-corrected chi connectivity index (χ4v) is 3.67. The highest BCUT2D eigenvalue weighted by atomic mass is 35.5. The average molecular weight is 377 g/mol. The van der Waals surface area contributed by atoms with Crippen molar-refractivity contribution in [3.63, 3.8) is 0 Å². The van der Waals surface area contributed by atoms with Crippen LogP contribution < -0.4 is 4.80 Å². The SMILES string of the molecule is Cc1sc(=NC(=O)c2ccc(Cl)cc2)n(C)c1-c1ccc(Cl)cc1. The van der Waals surface area contributed by atoms with Gasteiger partial charge in [0.25, 0.3) is 5.91 Å². The molecule has 24 heavy (non-hydrogen) atoms. The van der Waals surface area contributed by atoms with Crippen LogP contribution in [-0.4, -0.2) is 10.5 Å². The summed E-state index contributed by atoms with van der Waals surface area (Å²) in [7, 11) is 1.90. The number of thiazole rings is 1. The molecule has 122 valence electrons. The van der Waals surface area contributed by atoms with E-state index in [2.05, 4.69) is 4.99 Å². The van der Waals surface area contributed by atoms with Crippen molar-refractivity contribution in [2.24, 2.45) is 12.0 Å². The van der Waals surface area contributed by atoms with Crippen molar-refractivity contribution in [3.05, 3.63) is 73.8 Å². The van der Waals surface area contributed by atoms with Crippen molar-refractivity contribution < 1.29 is 4.79 Å². The molecule has 3 aromatic rings. The Balaban J connectivity index is 2.03. The van der Waals surface area contributed by atoms with Crippen molar-refractivity contribution in [2.45, 2.75) is 6.92 Å². The maximum Gasteiger partial charge on any atom is 0.279 e. The molecule has 0 aliphatic rings. The fourth-order valence-electron chi connectivity index (χ4n) is 2.43. The summed E-state index contributed by atoms with van der Waals surface area (Å²) in [6, 6.07) is 14.3. The maximum absolute atomic E-state index is 12.3. The number of aryl methyl sites for hydroxylation is 1. The van der Waals surface area contributed by atoms with Gasteiger partial charge in [0.1, 0.15) is 0 Å².